The highest BCUT2D eigenvalue weighted by molar-refractivity contribution is 5.78. The molecule has 3 N–H and O–H groups in total. The molecule has 0 saturated carbocycles. The molecule has 0 bridgehead atoms. The third-order valence-corrected chi connectivity index (χ3v) is 2.91. The highest BCUT2D eigenvalue weighted by Gasteiger charge is 2.23. The molecule has 1 heterocycles. The first-order valence-corrected chi connectivity index (χ1v) is 5.84. The summed E-state index contributed by atoms with van der Waals surface area (Å²) in [6.45, 7) is 0.442. The summed E-state index contributed by atoms with van der Waals surface area (Å²) >= 11 is 0. The van der Waals surface area contributed by atoms with Gasteiger partial charge >= 0.3 is 5.97 Å². The second-order valence-electron chi connectivity index (χ2n) is 4.38. The van der Waals surface area contributed by atoms with Gasteiger partial charge in [-0.1, -0.05) is 0 Å². The van der Waals surface area contributed by atoms with Crippen LogP contribution >= 0.6 is 0 Å². The number of amides is 2. The Labute approximate surface area is 105 Å². The van der Waals surface area contributed by atoms with Gasteiger partial charge in [-0.3, -0.25) is 9.59 Å². The standard InChI is InChI=1S/C11H18N2O5/c12-9(14)5-8-1-3-13(4-2-8)10(15)6-18-7-11(16)17/h8H,1-7H2,(H2,12,14)(H,16,17). The first-order chi connectivity index (χ1) is 8.49. The number of primary amides is 1. The van der Waals surface area contributed by atoms with Crippen LogP contribution in [0.2, 0.25) is 0 Å². The molecule has 1 saturated heterocycles. The molecule has 2 amide bonds. The Morgan fingerprint density at radius 1 is 1.22 bits per heavy atom. The predicted molar refractivity (Wildman–Crippen MR) is 61.6 cm³/mol. The second kappa shape index (κ2) is 6.95. The average molecular weight is 258 g/mol. The molecule has 0 spiro atoms. The van der Waals surface area contributed by atoms with Gasteiger partial charge in [0.2, 0.25) is 11.8 Å². The first-order valence-electron chi connectivity index (χ1n) is 5.84. The lowest BCUT2D eigenvalue weighted by molar-refractivity contribution is -0.146. The van der Waals surface area contributed by atoms with E-state index in [0.29, 0.717) is 19.5 Å². The van der Waals surface area contributed by atoms with Crippen molar-refractivity contribution in [2.45, 2.75) is 19.3 Å². The van der Waals surface area contributed by atoms with Gasteiger partial charge in [-0.05, 0) is 18.8 Å². The molecule has 1 fully saturated rings. The number of aliphatic carboxylic acids is 1. The van der Waals surface area contributed by atoms with Gasteiger partial charge in [-0.2, -0.15) is 0 Å². The van der Waals surface area contributed by atoms with E-state index in [2.05, 4.69) is 0 Å². The highest BCUT2D eigenvalue weighted by atomic mass is 16.5. The smallest absolute Gasteiger partial charge is 0.329 e. The minimum atomic E-state index is -1.09. The van der Waals surface area contributed by atoms with Crippen LogP contribution < -0.4 is 5.73 Å². The van der Waals surface area contributed by atoms with Gasteiger partial charge in [0.05, 0.1) is 0 Å². The molecule has 1 aliphatic heterocycles. The number of rotatable bonds is 6. The van der Waals surface area contributed by atoms with Crippen molar-refractivity contribution < 1.29 is 24.2 Å². The van der Waals surface area contributed by atoms with Crippen molar-refractivity contribution in [2.24, 2.45) is 11.7 Å². The summed E-state index contributed by atoms with van der Waals surface area (Å²) < 4.78 is 4.74. The number of likely N-dealkylation sites (tertiary alicyclic amines) is 1. The van der Waals surface area contributed by atoms with Crippen LogP contribution in [0.3, 0.4) is 0 Å². The molecule has 0 aliphatic carbocycles. The number of nitrogens with zero attached hydrogens (tertiary/aromatic N) is 1. The van der Waals surface area contributed by atoms with Crippen LogP contribution in [0.5, 0.6) is 0 Å². The molecule has 0 aromatic rings. The molecule has 0 aromatic carbocycles. The van der Waals surface area contributed by atoms with Gasteiger partial charge in [-0.25, -0.2) is 4.79 Å². The number of carbonyl (C=O) groups is 3. The number of hydrogen-bond acceptors (Lipinski definition) is 4. The Bertz CT molecular complexity index is 323. The third kappa shape index (κ3) is 5.13. The molecule has 1 rings (SSSR count). The van der Waals surface area contributed by atoms with Crippen molar-refractivity contribution >= 4 is 17.8 Å². The van der Waals surface area contributed by atoms with E-state index in [1.165, 1.54) is 0 Å². The maximum atomic E-state index is 11.6. The molecular weight excluding hydrogens is 240 g/mol. The van der Waals surface area contributed by atoms with Crippen molar-refractivity contribution in [3.8, 4) is 0 Å². The van der Waals surface area contributed by atoms with E-state index in [0.717, 1.165) is 12.8 Å². The summed E-state index contributed by atoms with van der Waals surface area (Å²) in [5.74, 6) is -1.38. The lowest BCUT2D eigenvalue weighted by Gasteiger charge is -2.31. The number of piperidine rings is 1. The zero-order valence-corrected chi connectivity index (χ0v) is 10.1. The van der Waals surface area contributed by atoms with Gasteiger partial charge in [0, 0.05) is 19.5 Å². The summed E-state index contributed by atoms with van der Waals surface area (Å²) in [7, 11) is 0. The number of carboxylic acids is 1. The SMILES string of the molecule is NC(=O)CC1CCN(C(=O)COCC(=O)O)CC1. The Morgan fingerprint density at radius 3 is 2.33 bits per heavy atom. The quantitative estimate of drug-likeness (QED) is 0.648. The summed E-state index contributed by atoms with van der Waals surface area (Å²) in [6.07, 6.45) is 1.85. The monoisotopic (exact) mass is 258 g/mol. The largest absolute Gasteiger partial charge is 0.480 e. The number of hydrogen-bond donors (Lipinski definition) is 2. The van der Waals surface area contributed by atoms with Crippen LogP contribution in [0, 0.1) is 5.92 Å². The summed E-state index contributed by atoms with van der Waals surface area (Å²) in [5, 5.41) is 8.36. The number of carbonyl (C=O) groups excluding carboxylic acids is 2. The lowest BCUT2D eigenvalue weighted by atomic mass is 9.93. The molecule has 7 heteroatoms. The maximum Gasteiger partial charge on any atom is 0.329 e. The zero-order valence-electron chi connectivity index (χ0n) is 10.1. The third-order valence-electron chi connectivity index (χ3n) is 2.91. The molecule has 102 valence electrons. The molecule has 0 radical (unpaired) electrons. The van der Waals surface area contributed by atoms with Crippen molar-refractivity contribution in [1.82, 2.24) is 4.90 Å². The molecule has 0 aromatic heterocycles. The van der Waals surface area contributed by atoms with Crippen LogP contribution in [-0.4, -0.2) is 54.1 Å². The summed E-state index contributed by atoms with van der Waals surface area (Å²) in [5.41, 5.74) is 5.12. The Balaban J connectivity index is 2.23. The normalized spacial score (nSPS) is 16.6. The molecular formula is C11H18N2O5. The Kier molecular flexibility index (Phi) is 5.57. The topological polar surface area (TPSA) is 110 Å². The fraction of sp³-hybridized carbons (Fsp3) is 0.727. The first kappa shape index (κ1) is 14.4. The van der Waals surface area contributed by atoms with E-state index < -0.39 is 12.6 Å². The van der Waals surface area contributed by atoms with E-state index in [1.807, 2.05) is 0 Å². The van der Waals surface area contributed by atoms with Crippen molar-refractivity contribution in [3.05, 3.63) is 0 Å². The van der Waals surface area contributed by atoms with E-state index in [1.54, 1.807) is 4.90 Å². The van der Waals surface area contributed by atoms with Crippen molar-refractivity contribution in [3.63, 3.8) is 0 Å². The van der Waals surface area contributed by atoms with Crippen LogP contribution in [-0.2, 0) is 19.1 Å². The number of carboxylic acid groups (broad SMARTS) is 1. The molecule has 1 aliphatic rings. The highest BCUT2D eigenvalue weighted by Crippen LogP contribution is 2.20. The minimum Gasteiger partial charge on any atom is -0.480 e. The zero-order chi connectivity index (χ0) is 13.5. The Morgan fingerprint density at radius 2 is 1.83 bits per heavy atom. The summed E-state index contributed by atoms with van der Waals surface area (Å²) in [6, 6.07) is 0. The van der Waals surface area contributed by atoms with Gasteiger partial charge in [0.25, 0.3) is 0 Å². The van der Waals surface area contributed by atoms with Crippen LogP contribution in [0.4, 0.5) is 0 Å². The summed E-state index contributed by atoms with van der Waals surface area (Å²) in [4.78, 5) is 34.2. The average Bonchev–Trinajstić information content (AvgIpc) is 2.28. The number of nitrogens with two attached hydrogens (primary N) is 1. The number of ether oxygens (including phenoxy) is 1. The fourth-order valence-electron chi connectivity index (χ4n) is 1.99. The van der Waals surface area contributed by atoms with E-state index >= 15 is 0 Å². The van der Waals surface area contributed by atoms with Gasteiger partial charge < -0.3 is 20.5 Å². The van der Waals surface area contributed by atoms with Crippen molar-refractivity contribution in [2.75, 3.05) is 26.3 Å². The van der Waals surface area contributed by atoms with Gasteiger partial charge in [-0.15, -0.1) is 0 Å². The van der Waals surface area contributed by atoms with Crippen molar-refractivity contribution in [1.29, 1.82) is 0 Å². The Hall–Kier alpha value is -1.63. The molecule has 0 unspecified atom stereocenters. The molecule has 7 nitrogen and oxygen atoms in total. The fourth-order valence-corrected chi connectivity index (χ4v) is 1.99. The second-order valence-corrected chi connectivity index (χ2v) is 4.38. The van der Waals surface area contributed by atoms with Crippen LogP contribution in [0.1, 0.15) is 19.3 Å². The van der Waals surface area contributed by atoms with Crippen LogP contribution in [0.25, 0.3) is 0 Å². The molecule has 0 atom stereocenters. The van der Waals surface area contributed by atoms with E-state index in [4.69, 9.17) is 15.6 Å². The maximum absolute atomic E-state index is 11.6. The minimum absolute atomic E-state index is 0.214. The predicted octanol–water partition coefficient (Wildman–Crippen LogP) is -0.798. The van der Waals surface area contributed by atoms with Gasteiger partial charge in [0.1, 0.15) is 13.2 Å². The lowest BCUT2D eigenvalue weighted by Crippen LogP contribution is -2.41. The van der Waals surface area contributed by atoms with E-state index in [9.17, 15) is 14.4 Å². The molecule has 18 heavy (non-hydrogen) atoms. The van der Waals surface area contributed by atoms with Crippen LogP contribution in [0.15, 0.2) is 0 Å². The van der Waals surface area contributed by atoms with Gasteiger partial charge in [0.15, 0.2) is 0 Å². The van der Waals surface area contributed by atoms with E-state index in [-0.39, 0.29) is 24.3 Å².